The van der Waals surface area contributed by atoms with Gasteiger partial charge in [-0.2, -0.15) is 0 Å². The lowest BCUT2D eigenvalue weighted by molar-refractivity contribution is -0.128. The van der Waals surface area contributed by atoms with Crippen molar-refractivity contribution in [2.24, 2.45) is 0 Å². The molecule has 0 aromatic carbocycles. The van der Waals surface area contributed by atoms with Gasteiger partial charge in [0.05, 0.1) is 12.1 Å². The summed E-state index contributed by atoms with van der Waals surface area (Å²) >= 11 is 0. The maximum Gasteiger partial charge on any atom is 0.237 e. The van der Waals surface area contributed by atoms with Crippen molar-refractivity contribution in [3.8, 4) is 0 Å². The van der Waals surface area contributed by atoms with E-state index in [1.165, 1.54) is 0 Å². The second kappa shape index (κ2) is 9.23. The lowest BCUT2D eigenvalue weighted by Crippen LogP contribution is -2.54. The monoisotopic (exact) mass is 327 g/mol. The van der Waals surface area contributed by atoms with Crippen LogP contribution >= 0.6 is 0 Å². The van der Waals surface area contributed by atoms with Crippen molar-refractivity contribution in [3.63, 3.8) is 0 Å². The standard InChI is InChI=1S/C17H33N3O3/c1-5-17(3,6-2)20-11-7-8-14(20)16(23)19-12-13(21)9-10-15(22)18-4/h13-14,21H,5-12H2,1-4H3,(H,18,22)(H,19,23). The molecule has 23 heavy (non-hydrogen) atoms. The quantitative estimate of drug-likeness (QED) is 0.591. The number of carbonyl (C=O) groups excluding carboxylic acids is 2. The minimum atomic E-state index is -0.685. The molecule has 0 spiro atoms. The molecule has 134 valence electrons. The zero-order chi connectivity index (χ0) is 17.5. The second-order valence-corrected chi connectivity index (χ2v) is 6.67. The van der Waals surface area contributed by atoms with Crippen LogP contribution in [0.25, 0.3) is 0 Å². The predicted molar refractivity (Wildman–Crippen MR) is 91.0 cm³/mol. The highest BCUT2D eigenvalue weighted by Crippen LogP contribution is 2.31. The Hall–Kier alpha value is -1.14. The summed E-state index contributed by atoms with van der Waals surface area (Å²) in [5.74, 6) is -0.103. The highest BCUT2D eigenvalue weighted by atomic mass is 16.3. The number of aliphatic hydroxyl groups excluding tert-OH is 1. The SMILES string of the molecule is CCC(C)(CC)N1CCCC1C(=O)NCC(O)CCC(=O)NC. The molecule has 1 rings (SSSR count). The summed E-state index contributed by atoms with van der Waals surface area (Å²) < 4.78 is 0. The summed E-state index contributed by atoms with van der Waals surface area (Å²) in [5.41, 5.74) is 0.0519. The van der Waals surface area contributed by atoms with Crippen molar-refractivity contribution in [1.29, 1.82) is 0 Å². The molecule has 2 amide bonds. The third kappa shape index (κ3) is 5.46. The molecule has 1 fully saturated rings. The summed E-state index contributed by atoms with van der Waals surface area (Å²) in [5, 5.41) is 15.3. The largest absolute Gasteiger partial charge is 0.391 e. The minimum absolute atomic E-state index is 0.00498. The van der Waals surface area contributed by atoms with Crippen LogP contribution in [0.15, 0.2) is 0 Å². The average Bonchev–Trinajstić information content (AvgIpc) is 3.07. The second-order valence-electron chi connectivity index (χ2n) is 6.67. The molecule has 2 atom stereocenters. The van der Waals surface area contributed by atoms with Crippen molar-refractivity contribution in [1.82, 2.24) is 15.5 Å². The predicted octanol–water partition coefficient (Wildman–Crippen LogP) is 1.03. The molecule has 1 aliphatic heterocycles. The molecule has 0 bridgehead atoms. The van der Waals surface area contributed by atoms with Gasteiger partial charge < -0.3 is 15.7 Å². The molecule has 0 radical (unpaired) electrons. The van der Waals surface area contributed by atoms with Crippen LogP contribution in [0.4, 0.5) is 0 Å². The summed E-state index contributed by atoms with van der Waals surface area (Å²) in [6, 6.07) is -0.106. The average molecular weight is 327 g/mol. The van der Waals surface area contributed by atoms with E-state index in [1.54, 1.807) is 7.05 Å². The van der Waals surface area contributed by atoms with Crippen LogP contribution in [0.2, 0.25) is 0 Å². The van der Waals surface area contributed by atoms with Crippen LogP contribution in [-0.2, 0) is 9.59 Å². The van der Waals surface area contributed by atoms with Gasteiger partial charge in [-0.05, 0) is 45.6 Å². The van der Waals surface area contributed by atoms with Gasteiger partial charge in [-0.25, -0.2) is 0 Å². The van der Waals surface area contributed by atoms with Gasteiger partial charge in [-0.3, -0.25) is 14.5 Å². The van der Waals surface area contributed by atoms with Gasteiger partial charge in [0, 0.05) is 25.6 Å². The summed E-state index contributed by atoms with van der Waals surface area (Å²) in [6.07, 6.45) is 3.88. The van der Waals surface area contributed by atoms with E-state index >= 15 is 0 Å². The first-order chi connectivity index (χ1) is 10.9. The number of amides is 2. The third-order valence-electron chi connectivity index (χ3n) is 5.27. The Morgan fingerprint density at radius 2 is 2.00 bits per heavy atom. The molecule has 1 saturated heterocycles. The number of rotatable bonds is 9. The Morgan fingerprint density at radius 1 is 1.35 bits per heavy atom. The topological polar surface area (TPSA) is 81.7 Å². The summed E-state index contributed by atoms with van der Waals surface area (Å²) in [6.45, 7) is 7.71. The molecule has 3 N–H and O–H groups in total. The molecule has 0 aromatic rings. The molecule has 0 aliphatic carbocycles. The van der Waals surface area contributed by atoms with Crippen molar-refractivity contribution in [2.45, 2.75) is 77.0 Å². The molecule has 1 aliphatic rings. The highest BCUT2D eigenvalue weighted by Gasteiger charge is 2.40. The Bertz CT molecular complexity index is 397. The first-order valence-corrected chi connectivity index (χ1v) is 8.81. The van der Waals surface area contributed by atoms with Gasteiger partial charge in [0.25, 0.3) is 0 Å². The van der Waals surface area contributed by atoms with Gasteiger partial charge in [-0.1, -0.05) is 13.8 Å². The fourth-order valence-electron chi connectivity index (χ4n) is 3.20. The Morgan fingerprint density at radius 3 is 2.57 bits per heavy atom. The van der Waals surface area contributed by atoms with Gasteiger partial charge in [0.2, 0.25) is 11.8 Å². The van der Waals surface area contributed by atoms with E-state index in [-0.39, 0.29) is 36.4 Å². The lowest BCUT2D eigenvalue weighted by atomic mass is 9.92. The van der Waals surface area contributed by atoms with Gasteiger partial charge in [0.1, 0.15) is 0 Å². The van der Waals surface area contributed by atoms with Crippen molar-refractivity contribution >= 4 is 11.8 Å². The van der Waals surface area contributed by atoms with Gasteiger partial charge >= 0.3 is 0 Å². The van der Waals surface area contributed by atoms with E-state index in [1.807, 2.05) is 0 Å². The van der Waals surface area contributed by atoms with E-state index in [4.69, 9.17) is 0 Å². The van der Waals surface area contributed by atoms with E-state index < -0.39 is 6.10 Å². The lowest BCUT2D eigenvalue weighted by Gasteiger charge is -2.41. The van der Waals surface area contributed by atoms with E-state index in [2.05, 4.69) is 36.3 Å². The number of hydrogen-bond donors (Lipinski definition) is 3. The highest BCUT2D eigenvalue weighted by molar-refractivity contribution is 5.82. The Balaban J connectivity index is 2.48. The molecule has 6 nitrogen and oxygen atoms in total. The number of hydrogen-bond acceptors (Lipinski definition) is 4. The molecular formula is C17H33N3O3. The molecule has 1 heterocycles. The maximum atomic E-state index is 12.5. The van der Waals surface area contributed by atoms with Crippen LogP contribution < -0.4 is 10.6 Å². The summed E-state index contributed by atoms with van der Waals surface area (Å²) in [4.78, 5) is 26.0. The van der Waals surface area contributed by atoms with Crippen molar-refractivity contribution in [2.75, 3.05) is 20.1 Å². The maximum absolute atomic E-state index is 12.5. The number of carbonyl (C=O) groups is 2. The Labute approximate surface area is 140 Å². The molecule has 2 unspecified atom stereocenters. The van der Waals surface area contributed by atoms with Crippen LogP contribution in [0.5, 0.6) is 0 Å². The molecular weight excluding hydrogens is 294 g/mol. The first kappa shape index (κ1) is 19.9. The number of nitrogens with one attached hydrogen (secondary N) is 2. The molecule has 0 saturated carbocycles. The Kier molecular flexibility index (Phi) is 7.99. The zero-order valence-corrected chi connectivity index (χ0v) is 15.0. The van der Waals surface area contributed by atoms with Crippen LogP contribution in [-0.4, -0.2) is 59.6 Å². The smallest absolute Gasteiger partial charge is 0.237 e. The van der Waals surface area contributed by atoms with E-state index in [9.17, 15) is 14.7 Å². The number of aliphatic hydroxyl groups is 1. The number of likely N-dealkylation sites (tertiary alicyclic amines) is 1. The van der Waals surface area contributed by atoms with Crippen LogP contribution in [0.3, 0.4) is 0 Å². The zero-order valence-electron chi connectivity index (χ0n) is 15.0. The van der Waals surface area contributed by atoms with E-state index in [0.717, 1.165) is 32.2 Å². The molecule has 6 heteroatoms. The van der Waals surface area contributed by atoms with Crippen molar-refractivity contribution < 1.29 is 14.7 Å². The van der Waals surface area contributed by atoms with Crippen LogP contribution in [0, 0.1) is 0 Å². The molecule has 0 aromatic heterocycles. The summed E-state index contributed by atoms with van der Waals surface area (Å²) in [7, 11) is 1.57. The fraction of sp³-hybridized carbons (Fsp3) is 0.882. The normalized spacial score (nSPS) is 20.3. The minimum Gasteiger partial charge on any atom is -0.391 e. The van der Waals surface area contributed by atoms with Gasteiger partial charge in [0.15, 0.2) is 0 Å². The van der Waals surface area contributed by atoms with E-state index in [0.29, 0.717) is 6.42 Å². The fourth-order valence-corrected chi connectivity index (χ4v) is 3.20. The third-order valence-corrected chi connectivity index (χ3v) is 5.27. The van der Waals surface area contributed by atoms with Crippen molar-refractivity contribution in [3.05, 3.63) is 0 Å². The number of nitrogens with zero attached hydrogens (tertiary/aromatic N) is 1. The van der Waals surface area contributed by atoms with Gasteiger partial charge in [-0.15, -0.1) is 0 Å². The van der Waals surface area contributed by atoms with Crippen LogP contribution in [0.1, 0.15) is 59.3 Å². The first-order valence-electron chi connectivity index (χ1n) is 8.81.